The second-order valence-electron chi connectivity index (χ2n) is 7.05. The van der Waals surface area contributed by atoms with Crippen LogP contribution in [-0.2, 0) is 9.84 Å². The van der Waals surface area contributed by atoms with Gasteiger partial charge < -0.3 is 4.98 Å². The van der Waals surface area contributed by atoms with Crippen LogP contribution in [0.4, 0.5) is 0 Å². The number of imidazole rings is 1. The first-order valence-electron chi connectivity index (χ1n) is 8.83. The molecule has 1 atom stereocenters. The van der Waals surface area contributed by atoms with Gasteiger partial charge in [-0.25, -0.2) is 13.4 Å². The summed E-state index contributed by atoms with van der Waals surface area (Å²) in [6, 6.07) is 15.4. The maximum Gasteiger partial charge on any atom is 0.206 e. The molecule has 1 heterocycles. The van der Waals surface area contributed by atoms with Crippen LogP contribution in [0.15, 0.2) is 70.6 Å². The SMILES string of the molecule is CC(C)CC(C)c1ncc(-c2ccc(S(=O)(=O)c3ccccc3)cc2)[nH]1. The molecule has 0 spiro atoms. The van der Waals surface area contributed by atoms with Crippen molar-refractivity contribution in [2.75, 3.05) is 0 Å². The molecule has 3 aromatic rings. The van der Waals surface area contributed by atoms with Crippen molar-refractivity contribution >= 4 is 9.84 Å². The van der Waals surface area contributed by atoms with Crippen molar-refractivity contribution in [1.29, 1.82) is 0 Å². The normalized spacial score (nSPS) is 13.1. The molecule has 0 amide bonds. The number of rotatable bonds is 6. The molecule has 2 aromatic carbocycles. The van der Waals surface area contributed by atoms with Crippen molar-refractivity contribution in [3.8, 4) is 11.3 Å². The zero-order valence-corrected chi connectivity index (χ0v) is 16.1. The molecule has 1 N–H and O–H groups in total. The van der Waals surface area contributed by atoms with E-state index < -0.39 is 9.84 Å². The third-order valence-electron chi connectivity index (χ3n) is 4.42. The molecule has 0 fully saturated rings. The van der Waals surface area contributed by atoms with Crippen molar-refractivity contribution in [3.63, 3.8) is 0 Å². The number of sulfone groups is 1. The molecule has 0 bridgehead atoms. The van der Waals surface area contributed by atoms with Crippen LogP contribution in [0.1, 0.15) is 38.9 Å². The lowest BCUT2D eigenvalue weighted by atomic mass is 9.98. The van der Waals surface area contributed by atoms with Gasteiger partial charge in [0.05, 0.1) is 21.7 Å². The summed E-state index contributed by atoms with van der Waals surface area (Å²) < 4.78 is 25.3. The zero-order chi connectivity index (χ0) is 18.7. The number of benzene rings is 2. The minimum absolute atomic E-state index is 0.292. The summed E-state index contributed by atoms with van der Waals surface area (Å²) in [5.74, 6) is 1.94. The summed E-state index contributed by atoms with van der Waals surface area (Å²) in [4.78, 5) is 8.45. The molecule has 0 aliphatic heterocycles. The standard InChI is InChI=1S/C21H24N2O2S/c1-15(2)13-16(3)21-22-14-20(23-21)17-9-11-19(12-10-17)26(24,25)18-7-5-4-6-8-18/h4-12,14-16H,13H2,1-3H3,(H,22,23). The van der Waals surface area contributed by atoms with Gasteiger partial charge in [-0.2, -0.15) is 0 Å². The van der Waals surface area contributed by atoms with E-state index in [4.69, 9.17) is 0 Å². The van der Waals surface area contributed by atoms with Crippen LogP contribution < -0.4 is 0 Å². The topological polar surface area (TPSA) is 62.8 Å². The first kappa shape index (κ1) is 18.4. The van der Waals surface area contributed by atoms with Gasteiger partial charge in [-0.05, 0) is 42.2 Å². The van der Waals surface area contributed by atoms with Gasteiger partial charge in [0, 0.05) is 5.92 Å². The summed E-state index contributed by atoms with van der Waals surface area (Å²) >= 11 is 0. The maximum atomic E-state index is 12.7. The van der Waals surface area contributed by atoms with Crippen molar-refractivity contribution in [2.45, 2.75) is 42.9 Å². The molecule has 0 saturated heterocycles. The highest BCUT2D eigenvalue weighted by molar-refractivity contribution is 7.91. The van der Waals surface area contributed by atoms with Crippen LogP contribution >= 0.6 is 0 Å². The Bertz CT molecular complexity index is 959. The van der Waals surface area contributed by atoms with E-state index in [9.17, 15) is 8.42 Å². The van der Waals surface area contributed by atoms with Gasteiger partial charge >= 0.3 is 0 Å². The molecule has 26 heavy (non-hydrogen) atoms. The van der Waals surface area contributed by atoms with Gasteiger partial charge in [0.25, 0.3) is 0 Å². The average Bonchev–Trinajstić information content (AvgIpc) is 3.12. The molecule has 0 aliphatic rings. The summed E-state index contributed by atoms with van der Waals surface area (Å²) in [7, 11) is -3.49. The highest BCUT2D eigenvalue weighted by Gasteiger charge is 2.17. The number of H-pyrrole nitrogens is 1. The second kappa shape index (κ2) is 7.46. The maximum absolute atomic E-state index is 12.7. The number of aromatic nitrogens is 2. The predicted molar refractivity (Wildman–Crippen MR) is 104 cm³/mol. The molecular weight excluding hydrogens is 344 g/mol. The molecule has 0 aliphatic carbocycles. The fourth-order valence-electron chi connectivity index (χ4n) is 3.10. The van der Waals surface area contributed by atoms with E-state index in [1.54, 1.807) is 42.5 Å². The fraction of sp³-hybridized carbons (Fsp3) is 0.286. The minimum atomic E-state index is -3.49. The highest BCUT2D eigenvalue weighted by atomic mass is 32.2. The Hall–Kier alpha value is -2.40. The van der Waals surface area contributed by atoms with Crippen molar-refractivity contribution in [1.82, 2.24) is 9.97 Å². The third-order valence-corrected chi connectivity index (χ3v) is 6.20. The highest BCUT2D eigenvalue weighted by Crippen LogP contribution is 2.26. The summed E-state index contributed by atoms with van der Waals surface area (Å²) in [5, 5.41) is 0. The van der Waals surface area contributed by atoms with Crippen LogP contribution in [-0.4, -0.2) is 18.4 Å². The Morgan fingerprint density at radius 1 is 0.923 bits per heavy atom. The second-order valence-corrected chi connectivity index (χ2v) is 9.00. The number of hydrogen-bond acceptors (Lipinski definition) is 3. The van der Waals surface area contributed by atoms with Gasteiger partial charge in [0.15, 0.2) is 0 Å². The summed E-state index contributed by atoms with van der Waals surface area (Å²) in [6.07, 6.45) is 2.88. The lowest BCUT2D eigenvalue weighted by Gasteiger charge is -2.11. The van der Waals surface area contributed by atoms with Crippen molar-refractivity contribution in [3.05, 3.63) is 66.6 Å². The van der Waals surface area contributed by atoms with E-state index in [0.29, 0.717) is 21.6 Å². The molecule has 0 radical (unpaired) electrons. The predicted octanol–water partition coefficient (Wildman–Crippen LogP) is 5.06. The average molecular weight is 369 g/mol. The smallest absolute Gasteiger partial charge is 0.206 e. The van der Waals surface area contributed by atoms with E-state index >= 15 is 0 Å². The van der Waals surface area contributed by atoms with E-state index in [-0.39, 0.29) is 0 Å². The van der Waals surface area contributed by atoms with Crippen molar-refractivity contribution < 1.29 is 8.42 Å². The number of aromatic amines is 1. The Morgan fingerprint density at radius 3 is 2.15 bits per heavy atom. The number of nitrogens with zero attached hydrogens (tertiary/aromatic N) is 1. The van der Waals surface area contributed by atoms with E-state index in [1.807, 2.05) is 18.3 Å². The van der Waals surface area contributed by atoms with Crippen LogP contribution in [0.3, 0.4) is 0 Å². The molecular formula is C21H24N2O2S. The Morgan fingerprint density at radius 2 is 1.54 bits per heavy atom. The number of nitrogens with one attached hydrogen (secondary N) is 1. The largest absolute Gasteiger partial charge is 0.342 e. The first-order chi connectivity index (χ1) is 12.4. The van der Waals surface area contributed by atoms with Crippen molar-refractivity contribution in [2.24, 2.45) is 5.92 Å². The van der Waals surface area contributed by atoms with Crippen LogP contribution in [0.5, 0.6) is 0 Å². The first-order valence-corrected chi connectivity index (χ1v) is 10.3. The molecule has 5 heteroatoms. The van der Waals surface area contributed by atoms with Gasteiger partial charge in [0.2, 0.25) is 9.84 Å². The lowest BCUT2D eigenvalue weighted by molar-refractivity contribution is 0.510. The van der Waals surface area contributed by atoms with Gasteiger partial charge in [0.1, 0.15) is 5.82 Å². The van der Waals surface area contributed by atoms with Crippen LogP contribution in [0.2, 0.25) is 0 Å². The van der Waals surface area contributed by atoms with Crippen LogP contribution in [0, 0.1) is 5.92 Å². The van der Waals surface area contributed by atoms with E-state index in [2.05, 4.69) is 30.7 Å². The lowest BCUT2D eigenvalue weighted by Crippen LogP contribution is -2.01. The third kappa shape index (κ3) is 3.88. The molecule has 1 aromatic heterocycles. The molecule has 1 unspecified atom stereocenters. The Kier molecular flexibility index (Phi) is 5.28. The minimum Gasteiger partial charge on any atom is -0.342 e. The fourth-order valence-corrected chi connectivity index (χ4v) is 4.38. The molecule has 136 valence electrons. The summed E-state index contributed by atoms with van der Waals surface area (Å²) in [5.41, 5.74) is 1.83. The van der Waals surface area contributed by atoms with Gasteiger partial charge in [-0.1, -0.05) is 51.1 Å². The van der Waals surface area contributed by atoms with E-state index in [1.165, 1.54) is 0 Å². The monoisotopic (exact) mass is 368 g/mol. The molecule has 3 rings (SSSR count). The van der Waals surface area contributed by atoms with Crippen LogP contribution in [0.25, 0.3) is 11.3 Å². The molecule has 0 saturated carbocycles. The van der Waals surface area contributed by atoms with Gasteiger partial charge in [-0.15, -0.1) is 0 Å². The quantitative estimate of drug-likeness (QED) is 0.661. The van der Waals surface area contributed by atoms with E-state index in [0.717, 1.165) is 23.5 Å². The number of hydrogen-bond donors (Lipinski definition) is 1. The molecule has 4 nitrogen and oxygen atoms in total. The Balaban J connectivity index is 1.84. The van der Waals surface area contributed by atoms with Gasteiger partial charge in [-0.3, -0.25) is 0 Å². The summed E-state index contributed by atoms with van der Waals surface area (Å²) in [6.45, 7) is 6.57. The Labute approximate surface area is 155 Å². The zero-order valence-electron chi connectivity index (χ0n) is 15.3.